The van der Waals surface area contributed by atoms with Crippen LogP contribution >= 0.6 is 11.3 Å². The molecule has 1 aromatic carbocycles. The molecule has 2 rings (SSSR count). The molecule has 4 nitrogen and oxygen atoms in total. The second-order valence-corrected chi connectivity index (χ2v) is 4.95. The predicted octanol–water partition coefficient (Wildman–Crippen LogP) is 2.74. The summed E-state index contributed by atoms with van der Waals surface area (Å²) in [5.41, 5.74) is 6.51. The Hall–Kier alpha value is -2.01. The molecule has 0 spiro atoms. The highest BCUT2D eigenvalue weighted by atomic mass is 32.1. The van der Waals surface area contributed by atoms with Gasteiger partial charge >= 0.3 is 5.97 Å². The normalized spacial score (nSPS) is 10.2. The van der Waals surface area contributed by atoms with Gasteiger partial charge in [0.15, 0.2) is 0 Å². The number of methoxy groups -OCH3 is 1. The van der Waals surface area contributed by atoms with Crippen LogP contribution in [0.1, 0.15) is 15.2 Å². The summed E-state index contributed by atoms with van der Waals surface area (Å²) in [6.45, 7) is 0.352. The number of nitrogens with two attached hydrogens (primary N) is 1. The molecular formula is C14H15NO3S. The maximum absolute atomic E-state index is 11.9. The van der Waals surface area contributed by atoms with Crippen molar-refractivity contribution in [2.45, 2.75) is 6.42 Å². The maximum atomic E-state index is 11.9. The Morgan fingerprint density at radius 1 is 1.37 bits per heavy atom. The molecule has 0 fully saturated rings. The zero-order chi connectivity index (χ0) is 13.7. The first kappa shape index (κ1) is 13.4. The van der Waals surface area contributed by atoms with Crippen molar-refractivity contribution in [3.05, 3.63) is 46.2 Å². The number of rotatable bonds is 5. The summed E-state index contributed by atoms with van der Waals surface area (Å²) in [6.07, 6.45) is 0.722. The largest absolute Gasteiger partial charge is 0.497 e. The van der Waals surface area contributed by atoms with Crippen LogP contribution in [0.15, 0.2) is 35.7 Å². The van der Waals surface area contributed by atoms with Crippen molar-refractivity contribution in [3.8, 4) is 5.75 Å². The highest BCUT2D eigenvalue weighted by molar-refractivity contribution is 7.09. The summed E-state index contributed by atoms with van der Waals surface area (Å²) in [6, 6.07) is 8.90. The molecule has 0 saturated heterocycles. The average molecular weight is 277 g/mol. The van der Waals surface area contributed by atoms with E-state index in [4.69, 9.17) is 15.2 Å². The van der Waals surface area contributed by atoms with Crippen molar-refractivity contribution >= 4 is 23.0 Å². The summed E-state index contributed by atoms with van der Waals surface area (Å²) < 4.78 is 10.2. The quantitative estimate of drug-likeness (QED) is 0.674. The van der Waals surface area contributed by atoms with Gasteiger partial charge in [-0.05, 0) is 23.6 Å². The van der Waals surface area contributed by atoms with E-state index in [0.717, 1.165) is 6.42 Å². The molecule has 0 aliphatic rings. The summed E-state index contributed by atoms with van der Waals surface area (Å²) in [7, 11) is 1.55. The van der Waals surface area contributed by atoms with Gasteiger partial charge in [0.1, 0.15) is 5.75 Å². The molecule has 100 valence electrons. The number of hydrogen-bond acceptors (Lipinski definition) is 5. The molecule has 0 aliphatic carbocycles. The van der Waals surface area contributed by atoms with Gasteiger partial charge in [0.05, 0.1) is 19.3 Å². The van der Waals surface area contributed by atoms with Crippen LogP contribution in [0.2, 0.25) is 0 Å². The molecule has 0 unspecified atom stereocenters. The number of thiophene rings is 1. The molecule has 0 atom stereocenters. The Morgan fingerprint density at radius 3 is 2.84 bits per heavy atom. The first-order valence-corrected chi connectivity index (χ1v) is 6.71. The average Bonchev–Trinajstić information content (AvgIpc) is 2.91. The Kier molecular flexibility index (Phi) is 4.41. The van der Waals surface area contributed by atoms with E-state index in [1.54, 1.807) is 36.6 Å². The minimum absolute atomic E-state index is 0.352. The number of esters is 1. The first-order chi connectivity index (χ1) is 9.20. The van der Waals surface area contributed by atoms with E-state index in [1.807, 2.05) is 17.5 Å². The molecular weight excluding hydrogens is 262 g/mol. The van der Waals surface area contributed by atoms with Gasteiger partial charge in [-0.1, -0.05) is 6.07 Å². The van der Waals surface area contributed by atoms with E-state index >= 15 is 0 Å². The van der Waals surface area contributed by atoms with Crippen LogP contribution in [-0.4, -0.2) is 19.7 Å². The molecule has 0 saturated carbocycles. The number of carbonyl (C=O) groups excluding carboxylic acids is 1. The first-order valence-electron chi connectivity index (χ1n) is 5.83. The number of benzene rings is 1. The van der Waals surface area contributed by atoms with Crippen LogP contribution in [0.3, 0.4) is 0 Å². The third-order valence-electron chi connectivity index (χ3n) is 2.64. The Labute approximate surface area is 115 Å². The third kappa shape index (κ3) is 3.48. The van der Waals surface area contributed by atoms with E-state index in [0.29, 0.717) is 23.6 Å². The molecule has 0 amide bonds. The number of hydrogen-bond donors (Lipinski definition) is 1. The molecule has 1 aromatic heterocycles. The van der Waals surface area contributed by atoms with E-state index in [2.05, 4.69) is 0 Å². The van der Waals surface area contributed by atoms with E-state index < -0.39 is 5.97 Å². The van der Waals surface area contributed by atoms with Crippen LogP contribution in [-0.2, 0) is 11.2 Å². The highest BCUT2D eigenvalue weighted by Crippen LogP contribution is 2.20. The lowest BCUT2D eigenvalue weighted by Crippen LogP contribution is -2.10. The van der Waals surface area contributed by atoms with Gasteiger partial charge in [0.25, 0.3) is 0 Å². The van der Waals surface area contributed by atoms with Crippen molar-refractivity contribution in [3.63, 3.8) is 0 Å². The Morgan fingerprint density at radius 2 is 2.21 bits per heavy atom. The van der Waals surface area contributed by atoms with Crippen LogP contribution in [0.5, 0.6) is 5.75 Å². The summed E-state index contributed by atoms with van der Waals surface area (Å²) in [4.78, 5) is 13.0. The predicted molar refractivity (Wildman–Crippen MR) is 75.7 cm³/mol. The van der Waals surface area contributed by atoms with Crippen LogP contribution in [0, 0.1) is 0 Å². The topological polar surface area (TPSA) is 61.5 Å². The molecule has 0 aliphatic heterocycles. The molecule has 5 heteroatoms. The summed E-state index contributed by atoms with van der Waals surface area (Å²) >= 11 is 1.65. The minimum atomic E-state index is -0.406. The summed E-state index contributed by atoms with van der Waals surface area (Å²) in [5.74, 6) is 0.212. The maximum Gasteiger partial charge on any atom is 0.340 e. The van der Waals surface area contributed by atoms with Crippen molar-refractivity contribution < 1.29 is 14.3 Å². The smallest absolute Gasteiger partial charge is 0.340 e. The van der Waals surface area contributed by atoms with Crippen molar-refractivity contribution in [1.82, 2.24) is 0 Å². The van der Waals surface area contributed by atoms with Gasteiger partial charge < -0.3 is 15.2 Å². The fourth-order valence-electron chi connectivity index (χ4n) is 1.63. The van der Waals surface area contributed by atoms with Gasteiger partial charge in [0.2, 0.25) is 0 Å². The van der Waals surface area contributed by atoms with E-state index in [1.165, 1.54) is 4.88 Å². The van der Waals surface area contributed by atoms with Crippen LogP contribution in [0.4, 0.5) is 5.69 Å². The SMILES string of the molecule is COc1ccc(C(=O)OCCc2cccs2)c(N)c1. The standard InChI is InChI=1S/C14H15NO3S/c1-17-10-4-5-12(13(15)9-10)14(16)18-7-6-11-3-2-8-19-11/h2-5,8-9H,6-7,15H2,1H3. The number of anilines is 1. The Bertz CT molecular complexity index is 552. The molecule has 0 radical (unpaired) electrons. The number of carbonyl (C=O) groups is 1. The second kappa shape index (κ2) is 6.24. The minimum Gasteiger partial charge on any atom is -0.497 e. The molecule has 1 heterocycles. The molecule has 2 aromatic rings. The molecule has 0 bridgehead atoms. The Balaban J connectivity index is 1.92. The zero-order valence-electron chi connectivity index (χ0n) is 10.6. The highest BCUT2D eigenvalue weighted by Gasteiger charge is 2.11. The van der Waals surface area contributed by atoms with Crippen molar-refractivity contribution in [2.24, 2.45) is 0 Å². The van der Waals surface area contributed by atoms with E-state index in [9.17, 15) is 4.79 Å². The van der Waals surface area contributed by atoms with Gasteiger partial charge in [-0.15, -0.1) is 11.3 Å². The van der Waals surface area contributed by atoms with Gasteiger partial charge in [-0.2, -0.15) is 0 Å². The van der Waals surface area contributed by atoms with Crippen LogP contribution < -0.4 is 10.5 Å². The lowest BCUT2D eigenvalue weighted by Gasteiger charge is -2.08. The summed E-state index contributed by atoms with van der Waals surface area (Å²) in [5, 5.41) is 2.00. The molecule has 19 heavy (non-hydrogen) atoms. The van der Waals surface area contributed by atoms with E-state index in [-0.39, 0.29) is 0 Å². The number of ether oxygens (including phenoxy) is 2. The number of nitrogen functional groups attached to an aromatic ring is 1. The van der Waals surface area contributed by atoms with Gasteiger partial charge in [0, 0.05) is 23.1 Å². The fraction of sp³-hybridized carbons (Fsp3) is 0.214. The third-order valence-corrected chi connectivity index (χ3v) is 3.58. The molecule has 2 N–H and O–H groups in total. The lowest BCUT2D eigenvalue weighted by molar-refractivity contribution is 0.0511. The van der Waals surface area contributed by atoms with Crippen molar-refractivity contribution in [2.75, 3.05) is 19.5 Å². The van der Waals surface area contributed by atoms with Gasteiger partial charge in [-0.25, -0.2) is 4.79 Å². The zero-order valence-corrected chi connectivity index (χ0v) is 11.4. The van der Waals surface area contributed by atoms with Crippen LogP contribution in [0.25, 0.3) is 0 Å². The second-order valence-electron chi connectivity index (χ2n) is 3.92. The fourth-order valence-corrected chi connectivity index (χ4v) is 2.32. The lowest BCUT2D eigenvalue weighted by atomic mass is 10.2. The van der Waals surface area contributed by atoms with Gasteiger partial charge in [-0.3, -0.25) is 0 Å². The monoisotopic (exact) mass is 277 g/mol. The van der Waals surface area contributed by atoms with Crippen molar-refractivity contribution in [1.29, 1.82) is 0 Å².